The van der Waals surface area contributed by atoms with Crippen LogP contribution >= 0.6 is 15.9 Å². The minimum atomic E-state index is -3.73. The van der Waals surface area contributed by atoms with Gasteiger partial charge < -0.3 is 0 Å². The van der Waals surface area contributed by atoms with Gasteiger partial charge in [0.15, 0.2) is 0 Å². The number of nitriles is 1. The average Bonchev–Trinajstić information content (AvgIpc) is 2.41. The van der Waals surface area contributed by atoms with Crippen molar-refractivity contribution in [1.82, 2.24) is 9.97 Å². The SMILES string of the molecule is N#Cc1ccc(S(=O)(=O)Nc2ccc(Br)nc2)cn1. The quantitative estimate of drug-likeness (QED) is 0.862. The highest BCUT2D eigenvalue weighted by molar-refractivity contribution is 9.10. The van der Waals surface area contributed by atoms with Crippen LogP contribution in [-0.2, 0) is 10.0 Å². The molecule has 2 heterocycles. The topological polar surface area (TPSA) is 95.7 Å². The number of nitrogens with zero attached hydrogens (tertiary/aromatic N) is 3. The molecule has 2 aromatic rings. The van der Waals surface area contributed by atoms with Crippen molar-refractivity contribution in [1.29, 1.82) is 5.26 Å². The highest BCUT2D eigenvalue weighted by atomic mass is 79.9. The molecule has 96 valence electrons. The minimum Gasteiger partial charge on any atom is -0.278 e. The van der Waals surface area contributed by atoms with Crippen molar-refractivity contribution in [2.24, 2.45) is 0 Å². The summed E-state index contributed by atoms with van der Waals surface area (Å²) >= 11 is 3.16. The Bertz CT molecular complexity index is 721. The third-order valence-electron chi connectivity index (χ3n) is 2.14. The molecule has 0 aliphatic rings. The molecular weight excluding hydrogens is 332 g/mol. The fourth-order valence-corrected chi connectivity index (χ4v) is 2.48. The van der Waals surface area contributed by atoms with Gasteiger partial charge in [-0.2, -0.15) is 5.26 Å². The molecule has 0 aromatic carbocycles. The summed E-state index contributed by atoms with van der Waals surface area (Å²) in [6.45, 7) is 0. The Kier molecular flexibility index (Phi) is 3.78. The molecule has 6 nitrogen and oxygen atoms in total. The summed E-state index contributed by atoms with van der Waals surface area (Å²) in [6.07, 6.45) is 2.52. The van der Waals surface area contributed by atoms with Crippen molar-refractivity contribution >= 4 is 31.6 Å². The van der Waals surface area contributed by atoms with E-state index in [0.717, 1.165) is 6.20 Å². The normalized spacial score (nSPS) is 10.7. The molecule has 8 heteroatoms. The molecule has 2 rings (SSSR count). The molecule has 0 unspecified atom stereocenters. The number of nitrogens with one attached hydrogen (secondary N) is 1. The Morgan fingerprint density at radius 3 is 2.47 bits per heavy atom. The molecule has 0 saturated heterocycles. The van der Waals surface area contributed by atoms with Crippen LogP contribution in [0.1, 0.15) is 5.69 Å². The van der Waals surface area contributed by atoms with Crippen LogP contribution in [0.3, 0.4) is 0 Å². The molecule has 19 heavy (non-hydrogen) atoms. The van der Waals surface area contributed by atoms with Gasteiger partial charge in [0.05, 0.1) is 11.9 Å². The molecular formula is C11H7BrN4O2S. The molecule has 0 aliphatic heterocycles. The average molecular weight is 339 g/mol. The van der Waals surface area contributed by atoms with Gasteiger partial charge in [-0.3, -0.25) is 4.72 Å². The number of halogens is 1. The van der Waals surface area contributed by atoms with E-state index in [1.54, 1.807) is 12.1 Å². The van der Waals surface area contributed by atoms with E-state index in [0.29, 0.717) is 10.3 Å². The van der Waals surface area contributed by atoms with E-state index in [1.165, 1.54) is 18.3 Å². The van der Waals surface area contributed by atoms with E-state index >= 15 is 0 Å². The lowest BCUT2D eigenvalue weighted by atomic mass is 10.4. The maximum absolute atomic E-state index is 12.0. The van der Waals surface area contributed by atoms with Gasteiger partial charge in [0, 0.05) is 6.20 Å². The number of hydrogen-bond acceptors (Lipinski definition) is 5. The van der Waals surface area contributed by atoms with Crippen LogP contribution in [0, 0.1) is 11.3 Å². The number of rotatable bonds is 3. The van der Waals surface area contributed by atoms with Crippen molar-refractivity contribution in [3.05, 3.63) is 47.0 Å². The first-order chi connectivity index (χ1) is 9.01. The minimum absolute atomic E-state index is 0.0191. The zero-order valence-corrected chi connectivity index (χ0v) is 11.8. The fourth-order valence-electron chi connectivity index (χ4n) is 1.26. The number of hydrogen-bond donors (Lipinski definition) is 1. The first-order valence-electron chi connectivity index (χ1n) is 5.02. The molecule has 0 aliphatic carbocycles. The highest BCUT2D eigenvalue weighted by Gasteiger charge is 2.14. The summed E-state index contributed by atoms with van der Waals surface area (Å²) in [5.41, 5.74) is 0.497. The van der Waals surface area contributed by atoms with Gasteiger partial charge >= 0.3 is 0 Å². The maximum atomic E-state index is 12.0. The maximum Gasteiger partial charge on any atom is 0.263 e. The second kappa shape index (κ2) is 5.34. The zero-order valence-electron chi connectivity index (χ0n) is 9.41. The second-order valence-electron chi connectivity index (χ2n) is 3.47. The van der Waals surface area contributed by atoms with Crippen molar-refractivity contribution in [2.45, 2.75) is 4.90 Å². The van der Waals surface area contributed by atoms with Crippen LogP contribution in [-0.4, -0.2) is 18.4 Å². The smallest absolute Gasteiger partial charge is 0.263 e. The van der Waals surface area contributed by atoms with Crippen LogP contribution in [0.4, 0.5) is 5.69 Å². The fraction of sp³-hybridized carbons (Fsp3) is 0. The molecule has 0 saturated carbocycles. The van der Waals surface area contributed by atoms with Crippen molar-refractivity contribution in [2.75, 3.05) is 4.72 Å². The van der Waals surface area contributed by atoms with Crippen molar-refractivity contribution in [3.63, 3.8) is 0 Å². The summed E-state index contributed by atoms with van der Waals surface area (Å²) in [5, 5.41) is 8.60. The lowest BCUT2D eigenvalue weighted by molar-refractivity contribution is 0.601. The van der Waals surface area contributed by atoms with E-state index in [4.69, 9.17) is 5.26 Å². The molecule has 0 spiro atoms. The molecule has 0 bridgehead atoms. The molecule has 0 fully saturated rings. The van der Waals surface area contributed by atoms with Gasteiger partial charge in [0.1, 0.15) is 21.3 Å². The molecule has 0 radical (unpaired) electrons. The van der Waals surface area contributed by atoms with Gasteiger partial charge in [-0.05, 0) is 40.2 Å². The largest absolute Gasteiger partial charge is 0.278 e. The summed E-state index contributed by atoms with van der Waals surface area (Å²) in [6, 6.07) is 7.68. The summed E-state index contributed by atoms with van der Waals surface area (Å²) < 4.78 is 27.0. The Balaban J connectivity index is 2.27. The van der Waals surface area contributed by atoms with Gasteiger partial charge in [0.2, 0.25) is 0 Å². The third-order valence-corrected chi connectivity index (χ3v) is 3.98. The first kappa shape index (κ1) is 13.5. The van der Waals surface area contributed by atoms with E-state index in [2.05, 4.69) is 30.6 Å². The predicted octanol–water partition coefficient (Wildman–Crippen LogP) is 1.91. The Morgan fingerprint density at radius 1 is 1.16 bits per heavy atom. The van der Waals surface area contributed by atoms with Crippen LogP contribution in [0.15, 0.2) is 46.2 Å². The number of pyridine rings is 2. The van der Waals surface area contributed by atoms with Gasteiger partial charge in [-0.1, -0.05) is 0 Å². The molecule has 0 amide bonds. The first-order valence-corrected chi connectivity index (χ1v) is 7.29. The van der Waals surface area contributed by atoms with Crippen LogP contribution < -0.4 is 4.72 Å². The number of aromatic nitrogens is 2. The number of sulfonamides is 1. The Labute approximate surface area is 118 Å². The highest BCUT2D eigenvalue weighted by Crippen LogP contribution is 2.16. The molecule has 0 atom stereocenters. The van der Waals surface area contributed by atoms with Gasteiger partial charge in [-0.25, -0.2) is 18.4 Å². The molecule has 2 aromatic heterocycles. The molecule has 1 N–H and O–H groups in total. The standard InChI is InChI=1S/C11H7BrN4O2S/c12-11-4-2-9(6-15-11)16-19(17,18)10-3-1-8(5-13)14-7-10/h1-4,6-7,16H. The summed E-state index contributed by atoms with van der Waals surface area (Å²) in [5.74, 6) is 0. The summed E-state index contributed by atoms with van der Waals surface area (Å²) in [4.78, 5) is 7.61. The monoisotopic (exact) mass is 338 g/mol. The summed E-state index contributed by atoms with van der Waals surface area (Å²) in [7, 11) is -3.73. The predicted molar refractivity (Wildman–Crippen MR) is 71.7 cm³/mol. The second-order valence-corrected chi connectivity index (χ2v) is 5.96. The zero-order chi connectivity index (χ0) is 13.9. The Morgan fingerprint density at radius 2 is 1.95 bits per heavy atom. The van der Waals surface area contributed by atoms with E-state index in [9.17, 15) is 8.42 Å². The number of anilines is 1. The van der Waals surface area contributed by atoms with E-state index in [-0.39, 0.29) is 10.6 Å². The van der Waals surface area contributed by atoms with Crippen LogP contribution in [0.2, 0.25) is 0 Å². The van der Waals surface area contributed by atoms with Crippen molar-refractivity contribution in [3.8, 4) is 6.07 Å². The lowest BCUT2D eigenvalue weighted by Gasteiger charge is -2.07. The van der Waals surface area contributed by atoms with E-state index in [1.807, 2.05) is 6.07 Å². The van der Waals surface area contributed by atoms with E-state index < -0.39 is 10.0 Å². The van der Waals surface area contributed by atoms with Crippen molar-refractivity contribution < 1.29 is 8.42 Å². The lowest BCUT2D eigenvalue weighted by Crippen LogP contribution is -2.13. The van der Waals surface area contributed by atoms with Gasteiger partial charge in [-0.15, -0.1) is 0 Å². The Hall–Kier alpha value is -1.98. The third kappa shape index (κ3) is 3.27. The van der Waals surface area contributed by atoms with Crippen LogP contribution in [0.25, 0.3) is 0 Å². The van der Waals surface area contributed by atoms with Crippen LogP contribution in [0.5, 0.6) is 0 Å². The van der Waals surface area contributed by atoms with Gasteiger partial charge in [0.25, 0.3) is 10.0 Å².